The molecule has 0 radical (unpaired) electrons. The van der Waals surface area contributed by atoms with Gasteiger partial charge in [0, 0.05) is 10.7 Å². The van der Waals surface area contributed by atoms with Gasteiger partial charge in [0.15, 0.2) is 0 Å². The first-order valence-corrected chi connectivity index (χ1v) is 5.88. The Balaban J connectivity index is 3.42. The summed E-state index contributed by atoms with van der Waals surface area (Å²) in [4.78, 5) is 0. The summed E-state index contributed by atoms with van der Waals surface area (Å²) in [6.07, 6.45) is 2.04. The normalized spacial score (nSPS) is 11.8. The van der Waals surface area contributed by atoms with Crippen molar-refractivity contribution in [3.63, 3.8) is 0 Å². The van der Waals surface area contributed by atoms with Crippen molar-refractivity contribution in [1.29, 1.82) is 0 Å². The van der Waals surface area contributed by atoms with Crippen LogP contribution in [0.1, 0.15) is 6.42 Å². The number of rotatable bonds is 3. The van der Waals surface area contributed by atoms with E-state index >= 15 is 0 Å². The summed E-state index contributed by atoms with van der Waals surface area (Å²) in [6, 6.07) is 0. The third-order valence-corrected chi connectivity index (χ3v) is 2.44. The number of hydrogen-bond acceptors (Lipinski definition) is 2. The quantitative estimate of drug-likeness (QED) is 0.548. The van der Waals surface area contributed by atoms with E-state index in [2.05, 4.69) is 22.6 Å². The van der Waals surface area contributed by atoms with Gasteiger partial charge in [-0.05, 0) is 6.42 Å². The molecule has 0 bridgehead atoms. The lowest BCUT2D eigenvalue weighted by atomic mass is 10.6. The molecule has 4 heteroatoms. The topological polar surface area (TPSA) is 34.1 Å². The smallest absolute Gasteiger partial charge is 0.147 e. The third-order valence-electron chi connectivity index (χ3n) is 0.649. The van der Waals surface area contributed by atoms with Crippen molar-refractivity contribution in [3.05, 3.63) is 0 Å². The van der Waals surface area contributed by atoms with Gasteiger partial charge in [-0.15, -0.1) is 0 Å². The fourth-order valence-corrected chi connectivity index (χ4v) is 1.88. The maximum atomic E-state index is 10.4. The van der Waals surface area contributed by atoms with E-state index in [0.717, 1.165) is 10.8 Å². The van der Waals surface area contributed by atoms with Crippen LogP contribution in [0.5, 0.6) is 0 Å². The zero-order chi connectivity index (χ0) is 6.62. The van der Waals surface area contributed by atoms with Crippen LogP contribution in [0.4, 0.5) is 0 Å². The van der Waals surface area contributed by atoms with E-state index < -0.39 is 9.84 Å². The molecule has 0 aromatic heterocycles. The Morgan fingerprint density at radius 2 is 2.00 bits per heavy atom. The zero-order valence-corrected chi connectivity index (χ0v) is 7.70. The molecule has 0 aromatic rings. The molecule has 0 aliphatic heterocycles. The standard InChI is InChI=1S/C4H9IO2S/c1-8(6,7)4-2-3-5/h2-4H2,1H3. The van der Waals surface area contributed by atoms with Gasteiger partial charge in [-0.2, -0.15) is 0 Å². The van der Waals surface area contributed by atoms with Crippen molar-refractivity contribution in [2.45, 2.75) is 6.42 Å². The lowest BCUT2D eigenvalue weighted by Gasteiger charge is -1.90. The predicted octanol–water partition coefficient (Wildman–Crippen LogP) is 0.856. The van der Waals surface area contributed by atoms with E-state index in [1.807, 2.05) is 0 Å². The Hall–Kier alpha value is 0.680. The van der Waals surface area contributed by atoms with E-state index in [1.54, 1.807) is 0 Å². The van der Waals surface area contributed by atoms with E-state index in [1.165, 1.54) is 6.26 Å². The number of halogens is 1. The summed E-state index contributed by atoms with van der Waals surface area (Å²) < 4.78 is 21.7. The third kappa shape index (κ3) is 6.68. The summed E-state index contributed by atoms with van der Waals surface area (Å²) in [7, 11) is -2.69. The molecule has 0 saturated carbocycles. The molecule has 2 nitrogen and oxygen atoms in total. The van der Waals surface area contributed by atoms with Gasteiger partial charge in [0.2, 0.25) is 0 Å². The van der Waals surface area contributed by atoms with Gasteiger partial charge in [-0.1, -0.05) is 22.6 Å². The minimum absolute atomic E-state index is 0.329. The first-order chi connectivity index (χ1) is 3.56. The summed E-state index contributed by atoms with van der Waals surface area (Å²) in [5, 5.41) is 0. The number of alkyl halides is 1. The van der Waals surface area contributed by atoms with Gasteiger partial charge in [-0.25, -0.2) is 8.42 Å². The maximum absolute atomic E-state index is 10.4. The van der Waals surface area contributed by atoms with Crippen LogP contribution in [-0.4, -0.2) is 24.9 Å². The van der Waals surface area contributed by atoms with E-state index in [4.69, 9.17) is 0 Å². The minimum atomic E-state index is -2.69. The summed E-state index contributed by atoms with van der Waals surface area (Å²) in [5.74, 6) is 0.329. The monoisotopic (exact) mass is 248 g/mol. The van der Waals surface area contributed by atoms with Crippen molar-refractivity contribution in [3.8, 4) is 0 Å². The highest BCUT2D eigenvalue weighted by Crippen LogP contribution is 1.92. The van der Waals surface area contributed by atoms with Crippen molar-refractivity contribution in [2.24, 2.45) is 0 Å². The Kier molecular flexibility index (Phi) is 3.97. The summed E-state index contributed by atoms with van der Waals surface area (Å²) in [5.41, 5.74) is 0. The van der Waals surface area contributed by atoms with E-state index in [9.17, 15) is 8.42 Å². The molecule has 50 valence electrons. The molecule has 0 unspecified atom stereocenters. The molecular weight excluding hydrogens is 239 g/mol. The second kappa shape index (κ2) is 3.66. The lowest BCUT2D eigenvalue weighted by molar-refractivity contribution is 0.601. The fourth-order valence-electron chi connectivity index (χ4n) is 0.317. The highest BCUT2D eigenvalue weighted by atomic mass is 127. The zero-order valence-electron chi connectivity index (χ0n) is 4.72. The fraction of sp³-hybridized carbons (Fsp3) is 1.00. The van der Waals surface area contributed by atoms with Gasteiger partial charge in [0.1, 0.15) is 9.84 Å². The number of sulfone groups is 1. The van der Waals surface area contributed by atoms with Crippen LogP contribution in [0.15, 0.2) is 0 Å². The van der Waals surface area contributed by atoms with Crippen molar-refractivity contribution < 1.29 is 8.42 Å². The minimum Gasteiger partial charge on any atom is -0.229 e. The maximum Gasteiger partial charge on any atom is 0.147 e. The molecule has 0 heterocycles. The van der Waals surface area contributed by atoms with Gasteiger partial charge in [-0.3, -0.25) is 0 Å². The Morgan fingerprint density at radius 1 is 1.50 bits per heavy atom. The molecule has 0 saturated heterocycles. The first kappa shape index (κ1) is 8.68. The Labute approximate surface area is 63.7 Å². The van der Waals surface area contributed by atoms with Crippen LogP contribution < -0.4 is 0 Å². The van der Waals surface area contributed by atoms with Crippen LogP contribution >= 0.6 is 22.6 Å². The van der Waals surface area contributed by atoms with Crippen LogP contribution in [0.2, 0.25) is 0 Å². The van der Waals surface area contributed by atoms with Crippen LogP contribution in [0, 0.1) is 0 Å². The van der Waals surface area contributed by atoms with Crippen molar-refractivity contribution in [2.75, 3.05) is 16.4 Å². The van der Waals surface area contributed by atoms with Crippen LogP contribution in [0.25, 0.3) is 0 Å². The van der Waals surface area contributed by atoms with Crippen LogP contribution in [0.3, 0.4) is 0 Å². The van der Waals surface area contributed by atoms with E-state index in [0.29, 0.717) is 5.75 Å². The lowest BCUT2D eigenvalue weighted by Crippen LogP contribution is -2.02. The predicted molar refractivity (Wildman–Crippen MR) is 43.2 cm³/mol. The second-order valence-corrected chi connectivity index (χ2v) is 5.01. The highest BCUT2D eigenvalue weighted by molar-refractivity contribution is 14.1. The number of hydrogen-bond donors (Lipinski definition) is 0. The SMILES string of the molecule is CS(=O)(=O)CCCI. The summed E-state index contributed by atoms with van der Waals surface area (Å²) in [6.45, 7) is 0. The van der Waals surface area contributed by atoms with Gasteiger partial charge in [0.25, 0.3) is 0 Å². The Bertz CT molecular complexity index is 138. The average molecular weight is 248 g/mol. The highest BCUT2D eigenvalue weighted by Gasteiger charge is 1.98. The second-order valence-electron chi connectivity index (χ2n) is 1.67. The Morgan fingerprint density at radius 3 is 2.12 bits per heavy atom. The molecule has 0 aromatic carbocycles. The summed E-state index contributed by atoms with van der Waals surface area (Å²) >= 11 is 2.16. The van der Waals surface area contributed by atoms with Crippen LogP contribution in [-0.2, 0) is 9.84 Å². The molecule has 0 amide bonds. The molecule has 0 rings (SSSR count). The molecule has 0 N–H and O–H groups in total. The largest absolute Gasteiger partial charge is 0.229 e. The molecule has 0 spiro atoms. The molecular formula is C4H9IO2S. The molecule has 0 fully saturated rings. The first-order valence-electron chi connectivity index (χ1n) is 2.30. The van der Waals surface area contributed by atoms with Gasteiger partial charge < -0.3 is 0 Å². The van der Waals surface area contributed by atoms with Crippen molar-refractivity contribution >= 4 is 32.4 Å². The van der Waals surface area contributed by atoms with Gasteiger partial charge in [0.05, 0.1) is 5.75 Å². The molecule has 0 aliphatic carbocycles. The molecule has 0 aliphatic rings. The molecule has 8 heavy (non-hydrogen) atoms. The van der Waals surface area contributed by atoms with Gasteiger partial charge >= 0.3 is 0 Å². The van der Waals surface area contributed by atoms with E-state index in [-0.39, 0.29) is 0 Å². The average Bonchev–Trinajstić information content (AvgIpc) is 1.59. The molecule has 0 atom stereocenters. The van der Waals surface area contributed by atoms with Crippen molar-refractivity contribution in [1.82, 2.24) is 0 Å².